The summed E-state index contributed by atoms with van der Waals surface area (Å²) in [5, 5.41) is 5.75. The maximum Gasteiger partial charge on any atom is 0.338 e. The molecular formula is C24H27N3O4. The van der Waals surface area contributed by atoms with E-state index in [0.29, 0.717) is 11.3 Å². The number of rotatable bonds is 4. The molecular weight excluding hydrogens is 394 g/mol. The molecule has 1 fully saturated rings. The highest BCUT2D eigenvalue weighted by Gasteiger charge is 2.36. The van der Waals surface area contributed by atoms with E-state index in [0.717, 1.165) is 47.5 Å². The largest absolute Gasteiger partial charge is 0.449 e. The summed E-state index contributed by atoms with van der Waals surface area (Å²) in [6, 6.07) is 8.96. The summed E-state index contributed by atoms with van der Waals surface area (Å²) in [4.78, 5) is 39.7. The second kappa shape index (κ2) is 8.06. The highest BCUT2D eigenvalue weighted by molar-refractivity contribution is 6.06. The van der Waals surface area contributed by atoms with E-state index in [9.17, 15) is 14.4 Å². The normalized spacial score (nSPS) is 18.0. The van der Waals surface area contributed by atoms with E-state index in [1.807, 2.05) is 39.0 Å². The average molecular weight is 421 g/mol. The van der Waals surface area contributed by atoms with Gasteiger partial charge in [0.1, 0.15) is 6.04 Å². The number of fused-ring (bicyclic) bond motifs is 3. The van der Waals surface area contributed by atoms with Crippen molar-refractivity contribution in [1.29, 1.82) is 0 Å². The van der Waals surface area contributed by atoms with Crippen LogP contribution in [0, 0.1) is 20.8 Å². The van der Waals surface area contributed by atoms with Crippen LogP contribution in [0.3, 0.4) is 0 Å². The zero-order valence-electron chi connectivity index (χ0n) is 18.2. The number of anilines is 3. The van der Waals surface area contributed by atoms with Gasteiger partial charge in [-0.3, -0.25) is 9.59 Å². The Hall–Kier alpha value is -3.35. The first-order chi connectivity index (χ1) is 14.7. The van der Waals surface area contributed by atoms with Crippen LogP contribution in [0.5, 0.6) is 0 Å². The quantitative estimate of drug-likeness (QED) is 0.735. The van der Waals surface area contributed by atoms with Crippen LogP contribution in [-0.4, -0.2) is 36.5 Å². The molecule has 2 heterocycles. The molecule has 2 atom stereocenters. The van der Waals surface area contributed by atoms with Crippen molar-refractivity contribution >= 4 is 34.8 Å². The predicted molar refractivity (Wildman–Crippen MR) is 120 cm³/mol. The van der Waals surface area contributed by atoms with Gasteiger partial charge in [-0.25, -0.2) is 4.79 Å². The van der Waals surface area contributed by atoms with Gasteiger partial charge in [0.2, 0.25) is 5.91 Å². The molecule has 0 aliphatic carbocycles. The van der Waals surface area contributed by atoms with Crippen molar-refractivity contribution in [2.24, 2.45) is 0 Å². The Labute approximate surface area is 181 Å². The Bertz CT molecular complexity index is 1060. The minimum absolute atomic E-state index is 0.0490. The van der Waals surface area contributed by atoms with Crippen molar-refractivity contribution in [2.75, 3.05) is 22.1 Å². The first-order valence-corrected chi connectivity index (χ1v) is 10.6. The lowest BCUT2D eigenvalue weighted by Gasteiger charge is -2.33. The SMILES string of the molecule is Cc1cc(C)c(NC(=O)[C@@H](C)OC(=O)c2ccc3c(c2)NC(=O)[C@@H]2CCCN32)c(C)c1. The van der Waals surface area contributed by atoms with E-state index >= 15 is 0 Å². The monoisotopic (exact) mass is 421 g/mol. The van der Waals surface area contributed by atoms with Crippen molar-refractivity contribution in [1.82, 2.24) is 0 Å². The van der Waals surface area contributed by atoms with Crippen LogP contribution in [0.25, 0.3) is 0 Å². The summed E-state index contributed by atoms with van der Waals surface area (Å²) in [5.41, 5.74) is 5.56. The molecule has 0 aromatic heterocycles. The van der Waals surface area contributed by atoms with E-state index < -0.39 is 18.0 Å². The molecule has 2 N–H and O–H groups in total. The molecule has 7 heteroatoms. The fourth-order valence-electron chi connectivity index (χ4n) is 4.44. The number of aryl methyl sites for hydroxylation is 3. The van der Waals surface area contributed by atoms with Gasteiger partial charge in [-0.05, 0) is 69.9 Å². The van der Waals surface area contributed by atoms with E-state index in [1.165, 1.54) is 0 Å². The van der Waals surface area contributed by atoms with Gasteiger partial charge in [0.05, 0.1) is 16.9 Å². The molecule has 4 rings (SSSR count). The summed E-state index contributed by atoms with van der Waals surface area (Å²) in [6.07, 6.45) is 0.830. The predicted octanol–water partition coefficient (Wildman–Crippen LogP) is 3.72. The van der Waals surface area contributed by atoms with Crippen LogP contribution in [0.15, 0.2) is 30.3 Å². The number of nitrogens with one attached hydrogen (secondary N) is 2. The fourth-order valence-corrected chi connectivity index (χ4v) is 4.44. The van der Waals surface area contributed by atoms with E-state index in [2.05, 4.69) is 15.5 Å². The van der Waals surface area contributed by atoms with Crippen molar-refractivity contribution in [3.63, 3.8) is 0 Å². The minimum Gasteiger partial charge on any atom is -0.449 e. The minimum atomic E-state index is -0.971. The van der Waals surface area contributed by atoms with E-state index in [1.54, 1.807) is 19.1 Å². The molecule has 7 nitrogen and oxygen atoms in total. The summed E-state index contributed by atoms with van der Waals surface area (Å²) in [5.74, 6) is -1.05. The van der Waals surface area contributed by atoms with Gasteiger partial charge in [0.15, 0.2) is 6.10 Å². The van der Waals surface area contributed by atoms with Gasteiger partial charge in [-0.2, -0.15) is 0 Å². The molecule has 2 aromatic rings. The van der Waals surface area contributed by atoms with Crippen molar-refractivity contribution in [2.45, 2.75) is 52.7 Å². The molecule has 2 aliphatic rings. The Morgan fingerprint density at radius 2 is 1.87 bits per heavy atom. The first kappa shape index (κ1) is 20.9. The average Bonchev–Trinajstić information content (AvgIpc) is 3.21. The highest BCUT2D eigenvalue weighted by atomic mass is 16.5. The Morgan fingerprint density at radius 3 is 2.58 bits per heavy atom. The first-order valence-electron chi connectivity index (χ1n) is 10.6. The third-order valence-corrected chi connectivity index (χ3v) is 5.93. The summed E-state index contributed by atoms with van der Waals surface area (Å²) in [6.45, 7) is 8.23. The van der Waals surface area contributed by atoms with Crippen LogP contribution in [0.4, 0.5) is 17.1 Å². The lowest BCUT2D eigenvalue weighted by molar-refractivity contribution is -0.123. The number of hydrogen-bond acceptors (Lipinski definition) is 5. The van der Waals surface area contributed by atoms with Gasteiger partial charge in [0, 0.05) is 12.2 Å². The molecule has 162 valence electrons. The zero-order valence-corrected chi connectivity index (χ0v) is 18.2. The van der Waals surface area contributed by atoms with Crippen LogP contribution in [0.1, 0.15) is 46.8 Å². The maximum absolute atomic E-state index is 12.7. The maximum atomic E-state index is 12.7. The molecule has 0 radical (unpaired) electrons. The van der Waals surface area contributed by atoms with Gasteiger partial charge >= 0.3 is 5.97 Å². The van der Waals surface area contributed by atoms with E-state index in [-0.39, 0.29) is 11.9 Å². The molecule has 0 unspecified atom stereocenters. The Kier molecular flexibility index (Phi) is 5.43. The highest BCUT2D eigenvalue weighted by Crippen LogP contribution is 2.37. The Balaban J connectivity index is 1.45. The van der Waals surface area contributed by atoms with Crippen molar-refractivity contribution in [3.8, 4) is 0 Å². The summed E-state index contributed by atoms with van der Waals surface area (Å²) in [7, 11) is 0. The molecule has 31 heavy (non-hydrogen) atoms. The standard InChI is InChI=1S/C24H27N3O4/c1-13-10-14(2)21(15(3)11-13)26-22(28)16(4)31-24(30)17-7-8-19-18(12-17)25-23(29)20-6-5-9-27(19)20/h7-8,10-12,16,20H,5-6,9H2,1-4H3,(H,25,29)(H,26,28)/t16-,20+/m1/s1. The number of carbonyl (C=O) groups excluding carboxylic acids is 3. The number of carbonyl (C=O) groups is 3. The molecule has 2 aromatic carbocycles. The molecule has 0 bridgehead atoms. The third kappa shape index (κ3) is 4.00. The van der Waals surface area contributed by atoms with Gasteiger partial charge in [0.25, 0.3) is 5.91 Å². The molecule has 2 aliphatic heterocycles. The molecule has 1 saturated heterocycles. The number of amides is 2. The number of ether oxygens (including phenoxy) is 1. The smallest absolute Gasteiger partial charge is 0.338 e. The zero-order chi connectivity index (χ0) is 22.3. The van der Waals surface area contributed by atoms with Crippen LogP contribution in [-0.2, 0) is 14.3 Å². The molecule has 0 spiro atoms. The van der Waals surface area contributed by atoms with Crippen LogP contribution < -0.4 is 15.5 Å². The van der Waals surface area contributed by atoms with E-state index in [4.69, 9.17) is 4.74 Å². The van der Waals surface area contributed by atoms with Crippen LogP contribution >= 0.6 is 0 Å². The Morgan fingerprint density at radius 1 is 1.16 bits per heavy atom. The third-order valence-electron chi connectivity index (χ3n) is 5.93. The molecule has 2 amide bonds. The van der Waals surface area contributed by atoms with Gasteiger partial charge in [-0.1, -0.05) is 17.7 Å². The fraction of sp³-hybridized carbons (Fsp3) is 0.375. The number of nitrogens with zero attached hydrogens (tertiary/aromatic N) is 1. The second-order valence-corrected chi connectivity index (χ2v) is 8.38. The number of benzene rings is 2. The lowest BCUT2D eigenvalue weighted by atomic mass is 10.0. The van der Waals surface area contributed by atoms with Crippen LogP contribution in [0.2, 0.25) is 0 Å². The van der Waals surface area contributed by atoms with Gasteiger partial charge < -0.3 is 20.3 Å². The second-order valence-electron chi connectivity index (χ2n) is 8.38. The lowest BCUT2D eigenvalue weighted by Crippen LogP contribution is -2.43. The van der Waals surface area contributed by atoms with Crippen molar-refractivity contribution < 1.29 is 19.1 Å². The number of esters is 1. The molecule has 0 saturated carbocycles. The number of hydrogen-bond donors (Lipinski definition) is 2. The van der Waals surface area contributed by atoms with Crippen molar-refractivity contribution in [3.05, 3.63) is 52.6 Å². The summed E-state index contributed by atoms with van der Waals surface area (Å²) >= 11 is 0. The topological polar surface area (TPSA) is 87.7 Å². The van der Waals surface area contributed by atoms with Gasteiger partial charge in [-0.15, -0.1) is 0 Å². The summed E-state index contributed by atoms with van der Waals surface area (Å²) < 4.78 is 5.40.